The monoisotopic (exact) mass is 242 g/mol. The lowest BCUT2D eigenvalue weighted by molar-refractivity contribution is 0.568. The average molecular weight is 242 g/mol. The molecule has 0 nitrogen and oxygen atoms in total. The summed E-state index contributed by atoms with van der Waals surface area (Å²) in [5, 5.41) is 0. The lowest BCUT2D eigenvalue weighted by Gasteiger charge is -2.10. The Morgan fingerprint density at radius 2 is 1.22 bits per heavy atom. The van der Waals surface area contributed by atoms with Gasteiger partial charge in [-0.3, -0.25) is 0 Å². The molecule has 1 aliphatic rings. The van der Waals surface area contributed by atoms with Crippen molar-refractivity contribution in [3.8, 4) is 0 Å². The quantitative estimate of drug-likeness (QED) is 0.568. The van der Waals surface area contributed by atoms with E-state index in [1.165, 1.54) is 69.8 Å². The van der Waals surface area contributed by atoms with Crippen molar-refractivity contribution in [2.24, 2.45) is 0 Å². The molecule has 1 aliphatic carbocycles. The maximum absolute atomic E-state index is 2.50. The van der Waals surface area contributed by atoms with Crippen molar-refractivity contribution in [2.75, 3.05) is 0 Å². The Hall–Kier alpha value is -1.04. The molecule has 0 atom stereocenters. The summed E-state index contributed by atoms with van der Waals surface area (Å²) in [6.07, 6.45) is 16.4. The van der Waals surface area contributed by atoms with Crippen LogP contribution in [0.5, 0.6) is 0 Å². The first-order chi connectivity index (χ1) is 8.97. The molecule has 0 bridgehead atoms. The predicted molar refractivity (Wildman–Crippen MR) is 80.6 cm³/mol. The van der Waals surface area contributed by atoms with E-state index >= 15 is 0 Å². The number of hydrogen-bond donors (Lipinski definition) is 0. The van der Waals surface area contributed by atoms with E-state index in [2.05, 4.69) is 36.4 Å². The normalized spacial score (nSPS) is 19.4. The molecule has 0 saturated heterocycles. The number of benzene rings is 1. The molecule has 98 valence electrons. The second-order valence-electron chi connectivity index (χ2n) is 5.46. The van der Waals surface area contributed by atoms with Gasteiger partial charge in [0.15, 0.2) is 0 Å². The van der Waals surface area contributed by atoms with E-state index in [1.807, 2.05) is 0 Å². The van der Waals surface area contributed by atoms with Crippen LogP contribution in [0.2, 0.25) is 0 Å². The minimum Gasteiger partial charge on any atom is -0.0807 e. The van der Waals surface area contributed by atoms with Crippen molar-refractivity contribution in [3.63, 3.8) is 0 Å². The molecule has 2 rings (SSSR count). The minimum atomic E-state index is 1.27. The van der Waals surface area contributed by atoms with Gasteiger partial charge in [0.2, 0.25) is 0 Å². The lowest BCUT2D eigenvalue weighted by Crippen LogP contribution is -1.89. The molecule has 0 spiro atoms. The van der Waals surface area contributed by atoms with Gasteiger partial charge in [-0.15, -0.1) is 0 Å². The average Bonchev–Trinajstić information content (AvgIpc) is 2.40. The van der Waals surface area contributed by atoms with E-state index < -0.39 is 0 Å². The van der Waals surface area contributed by atoms with Gasteiger partial charge in [0.1, 0.15) is 0 Å². The van der Waals surface area contributed by atoms with E-state index in [9.17, 15) is 0 Å². The van der Waals surface area contributed by atoms with Crippen molar-refractivity contribution < 1.29 is 0 Å². The first-order valence-corrected chi connectivity index (χ1v) is 7.71. The SMILES string of the molecule is C1=C(c2ccccc2)CCCCCCCCCC1. The predicted octanol–water partition coefficient (Wildman–Crippen LogP) is 5.98. The summed E-state index contributed by atoms with van der Waals surface area (Å²) in [4.78, 5) is 0. The molecule has 0 saturated carbocycles. The largest absolute Gasteiger partial charge is 0.0807 e. The van der Waals surface area contributed by atoms with E-state index in [0.717, 1.165) is 0 Å². The highest BCUT2D eigenvalue weighted by molar-refractivity contribution is 5.65. The van der Waals surface area contributed by atoms with Crippen LogP contribution in [-0.2, 0) is 0 Å². The maximum Gasteiger partial charge on any atom is -0.0228 e. The van der Waals surface area contributed by atoms with Crippen molar-refractivity contribution in [1.82, 2.24) is 0 Å². The van der Waals surface area contributed by atoms with Crippen LogP contribution in [-0.4, -0.2) is 0 Å². The first kappa shape index (κ1) is 13.4. The van der Waals surface area contributed by atoms with Gasteiger partial charge in [-0.05, 0) is 36.8 Å². The molecule has 1 aromatic carbocycles. The summed E-state index contributed by atoms with van der Waals surface area (Å²) < 4.78 is 0. The second-order valence-corrected chi connectivity index (χ2v) is 5.46. The van der Waals surface area contributed by atoms with Gasteiger partial charge in [0, 0.05) is 0 Å². The number of hydrogen-bond acceptors (Lipinski definition) is 0. The smallest absolute Gasteiger partial charge is 0.0228 e. The van der Waals surface area contributed by atoms with E-state index in [0.29, 0.717) is 0 Å². The summed E-state index contributed by atoms with van der Waals surface area (Å²) in [7, 11) is 0. The van der Waals surface area contributed by atoms with Crippen LogP contribution in [0.25, 0.3) is 5.57 Å². The van der Waals surface area contributed by atoms with Crippen LogP contribution in [0.15, 0.2) is 36.4 Å². The fourth-order valence-electron chi connectivity index (χ4n) is 2.81. The first-order valence-electron chi connectivity index (χ1n) is 7.71. The Balaban J connectivity index is 1.99. The third-order valence-corrected chi connectivity index (χ3v) is 3.94. The van der Waals surface area contributed by atoms with Gasteiger partial charge in [0.05, 0.1) is 0 Å². The van der Waals surface area contributed by atoms with Gasteiger partial charge < -0.3 is 0 Å². The van der Waals surface area contributed by atoms with E-state index in [-0.39, 0.29) is 0 Å². The Kier molecular flexibility index (Phi) is 6.05. The van der Waals surface area contributed by atoms with Crippen LogP contribution in [0.1, 0.15) is 69.8 Å². The zero-order valence-corrected chi connectivity index (χ0v) is 11.5. The highest BCUT2D eigenvalue weighted by atomic mass is 14.1. The highest BCUT2D eigenvalue weighted by Crippen LogP contribution is 2.24. The second kappa shape index (κ2) is 8.13. The van der Waals surface area contributed by atoms with Crippen molar-refractivity contribution in [3.05, 3.63) is 42.0 Å². The molecule has 0 aliphatic heterocycles. The minimum absolute atomic E-state index is 1.27. The Morgan fingerprint density at radius 3 is 1.94 bits per heavy atom. The summed E-state index contributed by atoms with van der Waals surface area (Å²) >= 11 is 0. The topological polar surface area (TPSA) is 0 Å². The molecule has 18 heavy (non-hydrogen) atoms. The van der Waals surface area contributed by atoms with Gasteiger partial charge in [-0.1, -0.05) is 74.9 Å². The van der Waals surface area contributed by atoms with Gasteiger partial charge in [-0.25, -0.2) is 0 Å². The zero-order valence-electron chi connectivity index (χ0n) is 11.5. The van der Waals surface area contributed by atoms with Crippen molar-refractivity contribution >= 4 is 5.57 Å². The molecular weight excluding hydrogens is 216 g/mol. The van der Waals surface area contributed by atoms with Crippen LogP contribution >= 0.6 is 0 Å². The lowest BCUT2D eigenvalue weighted by atomic mass is 9.96. The molecule has 0 unspecified atom stereocenters. The third kappa shape index (κ3) is 4.68. The van der Waals surface area contributed by atoms with E-state index in [1.54, 1.807) is 5.57 Å². The fraction of sp³-hybridized carbons (Fsp3) is 0.556. The molecule has 0 heteroatoms. The molecular formula is C18H26. The van der Waals surface area contributed by atoms with Crippen LogP contribution in [0, 0.1) is 0 Å². The van der Waals surface area contributed by atoms with E-state index in [4.69, 9.17) is 0 Å². The molecule has 0 heterocycles. The van der Waals surface area contributed by atoms with Crippen LogP contribution in [0.3, 0.4) is 0 Å². The Bertz CT molecular complexity index is 348. The van der Waals surface area contributed by atoms with Gasteiger partial charge in [0.25, 0.3) is 0 Å². The molecule has 0 aromatic heterocycles. The highest BCUT2D eigenvalue weighted by Gasteiger charge is 2.02. The maximum atomic E-state index is 2.50. The van der Waals surface area contributed by atoms with Gasteiger partial charge >= 0.3 is 0 Å². The number of rotatable bonds is 1. The van der Waals surface area contributed by atoms with Crippen LogP contribution < -0.4 is 0 Å². The summed E-state index contributed by atoms with van der Waals surface area (Å²) in [6, 6.07) is 11.0. The Morgan fingerprint density at radius 1 is 0.611 bits per heavy atom. The molecule has 1 aromatic rings. The summed E-state index contributed by atoms with van der Waals surface area (Å²) in [5.74, 6) is 0. The molecule has 0 N–H and O–H groups in total. The summed E-state index contributed by atoms with van der Waals surface area (Å²) in [6.45, 7) is 0. The zero-order chi connectivity index (χ0) is 12.5. The van der Waals surface area contributed by atoms with Crippen LogP contribution in [0.4, 0.5) is 0 Å². The fourth-order valence-corrected chi connectivity index (χ4v) is 2.81. The third-order valence-electron chi connectivity index (χ3n) is 3.94. The number of allylic oxidation sites excluding steroid dienone is 2. The molecule has 0 amide bonds. The van der Waals surface area contributed by atoms with Crippen molar-refractivity contribution in [2.45, 2.75) is 64.2 Å². The van der Waals surface area contributed by atoms with Gasteiger partial charge in [-0.2, -0.15) is 0 Å². The Labute approximate surface area is 112 Å². The standard InChI is InChI=1S/C18H26/c1-2-4-6-9-13-17(14-10-7-5-3-1)18-15-11-8-12-16-18/h8,11-13,15-16H,1-7,9-10,14H2. The summed E-state index contributed by atoms with van der Waals surface area (Å²) in [5.41, 5.74) is 3.02. The van der Waals surface area contributed by atoms with Crippen molar-refractivity contribution in [1.29, 1.82) is 0 Å². The molecule has 0 fully saturated rings. The molecule has 0 radical (unpaired) electrons.